The number of ether oxygens (including phenoxy) is 1. The van der Waals surface area contributed by atoms with Gasteiger partial charge < -0.3 is 25.4 Å². The fraction of sp³-hybridized carbons (Fsp3) is 0.459. The lowest BCUT2D eigenvalue weighted by molar-refractivity contribution is -0.145. The number of nitrogens with zero attached hydrogens (tertiary/aromatic N) is 6. The van der Waals surface area contributed by atoms with Gasteiger partial charge in [-0.25, -0.2) is 9.59 Å². The average Bonchev–Trinajstić information content (AvgIpc) is 3.40. The standard InChI is InChI=1S/C37H42N8O6/c1-36(2,3)51-35(50)39-29-13-8-6-4-5-7-12-27-20-37(27,34(48)49)40-32(46)30-19-28(22-44(30)33(29)47)45-42-31(41-43-45)26-11-9-10-25(18-26)24-16-14-23(21-38)15-17-24/h7,9-12,14-18,27-30H,4-6,8,13,19-20,22H2,1-3H3,(H,39,50)(H,40,46)(H,48,49)/b12-7-/t27-,28+,29-,30+,37+/m1/s1. The van der Waals surface area contributed by atoms with Crippen molar-refractivity contribution in [3.05, 3.63) is 66.2 Å². The first-order valence-electron chi connectivity index (χ1n) is 17.3. The summed E-state index contributed by atoms with van der Waals surface area (Å²) in [5.74, 6) is -2.20. The predicted molar refractivity (Wildman–Crippen MR) is 185 cm³/mol. The third-order valence-electron chi connectivity index (χ3n) is 9.55. The molecule has 3 heterocycles. The van der Waals surface area contributed by atoms with Gasteiger partial charge in [0.1, 0.15) is 23.2 Å². The summed E-state index contributed by atoms with van der Waals surface area (Å²) in [5, 5.41) is 38.0. The van der Waals surface area contributed by atoms with Crippen molar-refractivity contribution in [3.63, 3.8) is 0 Å². The summed E-state index contributed by atoms with van der Waals surface area (Å²) in [6.45, 7) is 5.23. The molecule has 2 aliphatic heterocycles. The van der Waals surface area contributed by atoms with E-state index in [4.69, 9.17) is 10.00 Å². The molecular formula is C37H42N8O6. The van der Waals surface area contributed by atoms with E-state index in [1.165, 1.54) is 9.70 Å². The van der Waals surface area contributed by atoms with Crippen LogP contribution in [0.4, 0.5) is 4.79 Å². The number of aromatic nitrogens is 4. The van der Waals surface area contributed by atoms with Gasteiger partial charge in [0, 0.05) is 24.4 Å². The fourth-order valence-electron chi connectivity index (χ4n) is 6.77. The molecule has 14 nitrogen and oxygen atoms in total. The van der Waals surface area contributed by atoms with Crippen molar-refractivity contribution >= 4 is 23.9 Å². The Morgan fingerprint density at radius 3 is 2.57 bits per heavy atom. The van der Waals surface area contributed by atoms with Gasteiger partial charge in [-0.1, -0.05) is 55.3 Å². The lowest BCUT2D eigenvalue weighted by Gasteiger charge is -2.30. The molecule has 0 bridgehead atoms. The molecule has 1 saturated carbocycles. The molecule has 0 spiro atoms. The van der Waals surface area contributed by atoms with Crippen LogP contribution in [0.5, 0.6) is 0 Å². The van der Waals surface area contributed by atoms with E-state index in [2.05, 4.69) is 32.1 Å². The Labute approximate surface area is 295 Å². The van der Waals surface area contributed by atoms with Gasteiger partial charge in [0.25, 0.3) is 0 Å². The van der Waals surface area contributed by atoms with Gasteiger partial charge in [-0.15, -0.1) is 10.2 Å². The van der Waals surface area contributed by atoms with E-state index in [1.807, 2.05) is 48.6 Å². The highest BCUT2D eigenvalue weighted by molar-refractivity contribution is 5.96. The van der Waals surface area contributed by atoms with Crippen molar-refractivity contribution in [1.29, 1.82) is 5.26 Å². The highest BCUT2D eigenvalue weighted by Gasteiger charge is 2.61. The van der Waals surface area contributed by atoms with Gasteiger partial charge in [-0.3, -0.25) is 9.59 Å². The van der Waals surface area contributed by atoms with Crippen LogP contribution in [0.25, 0.3) is 22.5 Å². The maximum atomic E-state index is 14.3. The molecule has 51 heavy (non-hydrogen) atoms. The number of hydrogen-bond donors (Lipinski definition) is 3. The number of tetrazole rings is 1. The van der Waals surface area contributed by atoms with Gasteiger partial charge in [0.2, 0.25) is 17.6 Å². The molecule has 1 aliphatic carbocycles. The number of alkyl carbamates (subject to hydrolysis) is 1. The van der Waals surface area contributed by atoms with Crippen molar-refractivity contribution in [2.24, 2.45) is 5.92 Å². The highest BCUT2D eigenvalue weighted by atomic mass is 16.6. The van der Waals surface area contributed by atoms with Gasteiger partial charge in [0.15, 0.2) is 0 Å². The first kappa shape index (κ1) is 35.3. The second kappa shape index (κ2) is 14.3. The number of aliphatic carboxylic acids is 1. The molecule has 3 aromatic rings. The summed E-state index contributed by atoms with van der Waals surface area (Å²) in [5.41, 5.74) is 0.824. The van der Waals surface area contributed by atoms with Crippen LogP contribution in [0.1, 0.15) is 77.3 Å². The zero-order valence-electron chi connectivity index (χ0n) is 28.9. The number of amides is 3. The molecule has 1 saturated heterocycles. The molecule has 0 radical (unpaired) electrons. The maximum absolute atomic E-state index is 14.3. The molecule has 3 aliphatic rings. The van der Waals surface area contributed by atoms with Crippen LogP contribution in [0.3, 0.4) is 0 Å². The number of carboxylic acids is 1. The molecule has 266 valence electrons. The molecular weight excluding hydrogens is 652 g/mol. The van der Waals surface area contributed by atoms with Gasteiger partial charge in [-0.05, 0) is 81.0 Å². The average molecular weight is 695 g/mol. The minimum absolute atomic E-state index is 0.0356. The van der Waals surface area contributed by atoms with Crippen LogP contribution < -0.4 is 10.6 Å². The zero-order valence-corrected chi connectivity index (χ0v) is 28.9. The Kier molecular flexibility index (Phi) is 9.91. The molecule has 2 aromatic carbocycles. The second-order valence-corrected chi connectivity index (χ2v) is 14.4. The molecule has 5 atom stereocenters. The van der Waals surface area contributed by atoms with Gasteiger partial charge >= 0.3 is 12.1 Å². The summed E-state index contributed by atoms with van der Waals surface area (Å²) in [7, 11) is 0. The van der Waals surface area contributed by atoms with Crippen LogP contribution in [-0.4, -0.2) is 83.9 Å². The summed E-state index contributed by atoms with van der Waals surface area (Å²) in [4.78, 5) is 56.4. The topological polar surface area (TPSA) is 192 Å². The van der Waals surface area contributed by atoms with E-state index in [1.54, 1.807) is 32.9 Å². The maximum Gasteiger partial charge on any atom is 0.408 e. The van der Waals surface area contributed by atoms with E-state index in [9.17, 15) is 24.3 Å². The van der Waals surface area contributed by atoms with E-state index < -0.39 is 53.1 Å². The molecule has 2 fully saturated rings. The van der Waals surface area contributed by atoms with Crippen LogP contribution in [-0.2, 0) is 19.1 Å². The van der Waals surface area contributed by atoms with E-state index >= 15 is 0 Å². The third-order valence-corrected chi connectivity index (χ3v) is 9.55. The molecule has 3 amide bonds. The summed E-state index contributed by atoms with van der Waals surface area (Å²) < 4.78 is 5.47. The fourth-order valence-corrected chi connectivity index (χ4v) is 6.77. The monoisotopic (exact) mass is 694 g/mol. The summed E-state index contributed by atoms with van der Waals surface area (Å²) in [6.07, 6.45) is 6.77. The number of fused-ring (bicyclic) bond motifs is 2. The van der Waals surface area contributed by atoms with Crippen molar-refractivity contribution in [3.8, 4) is 28.6 Å². The van der Waals surface area contributed by atoms with Crippen molar-refractivity contribution in [1.82, 2.24) is 35.7 Å². The summed E-state index contributed by atoms with van der Waals surface area (Å²) >= 11 is 0. The number of benzene rings is 2. The smallest absolute Gasteiger partial charge is 0.408 e. The lowest BCUT2D eigenvalue weighted by Crippen LogP contribution is -2.56. The Bertz CT molecular complexity index is 1880. The van der Waals surface area contributed by atoms with E-state index in [-0.39, 0.29) is 25.3 Å². The second-order valence-electron chi connectivity index (χ2n) is 14.4. The Hall–Kier alpha value is -5.58. The zero-order chi connectivity index (χ0) is 36.3. The molecule has 0 unspecified atom stereocenters. The molecule has 3 N–H and O–H groups in total. The Balaban J connectivity index is 1.28. The van der Waals surface area contributed by atoms with Crippen molar-refractivity contribution in [2.75, 3.05) is 6.54 Å². The van der Waals surface area contributed by atoms with E-state index in [0.29, 0.717) is 29.8 Å². The largest absolute Gasteiger partial charge is 0.479 e. The first-order valence-corrected chi connectivity index (χ1v) is 17.3. The highest BCUT2D eigenvalue weighted by Crippen LogP contribution is 2.45. The number of nitrogens with one attached hydrogen (secondary N) is 2. The van der Waals surface area contributed by atoms with Crippen LogP contribution in [0.15, 0.2) is 60.7 Å². The first-order chi connectivity index (χ1) is 24.4. The number of carbonyl (C=O) groups is 4. The number of rotatable bonds is 5. The van der Waals surface area contributed by atoms with Crippen LogP contribution in [0.2, 0.25) is 0 Å². The predicted octanol–water partition coefficient (Wildman–Crippen LogP) is 4.39. The number of hydrogen-bond acceptors (Lipinski definition) is 9. The minimum atomic E-state index is -1.45. The van der Waals surface area contributed by atoms with Crippen LogP contribution >= 0.6 is 0 Å². The Morgan fingerprint density at radius 1 is 1.08 bits per heavy atom. The normalized spacial score (nSPS) is 26.0. The van der Waals surface area contributed by atoms with E-state index in [0.717, 1.165) is 30.4 Å². The molecule has 14 heteroatoms. The summed E-state index contributed by atoms with van der Waals surface area (Å²) in [6, 6.07) is 14.3. The molecule has 1 aromatic heterocycles. The lowest BCUT2D eigenvalue weighted by atomic mass is 10.0. The minimum Gasteiger partial charge on any atom is -0.479 e. The van der Waals surface area contributed by atoms with Crippen molar-refractivity contribution in [2.45, 2.75) is 95.0 Å². The molecule has 6 rings (SSSR count). The van der Waals surface area contributed by atoms with Crippen LogP contribution in [0, 0.1) is 17.2 Å². The number of carbonyl (C=O) groups excluding carboxylic acids is 3. The number of allylic oxidation sites excluding steroid dienone is 1. The van der Waals surface area contributed by atoms with Crippen molar-refractivity contribution < 1.29 is 29.0 Å². The third kappa shape index (κ3) is 7.93. The van der Waals surface area contributed by atoms with Gasteiger partial charge in [0.05, 0.1) is 17.7 Å². The number of carboxylic acid groups (broad SMARTS) is 1. The Morgan fingerprint density at radius 2 is 1.84 bits per heavy atom. The van der Waals surface area contributed by atoms with Gasteiger partial charge in [-0.2, -0.15) is 10.1 Å². The number of nitriles is 1. The quantitative estimate of drug-likeness (QED) is 0.323. The SMILES string of the molecule is CC(C)(C)OC(=O)N[C@@H]1CCCCC/C=C\[C@@H]2C[C@]2(C(=O)O)NC(=O)[C@@H]2C[C@H](n3nnc(-c4cccc(-c5ccc(C#N)cc5)c4)n3)CN2C1=O.